The summed E-state index contributed by atoms with van der Waals surface area (Å²) in [5.41, 5.74) is 1.87. The molecule has 0 atom stereocenters. The van der Waals surface area contributed by atoms with Crippen molar-refractivity contribution in [2.24, 2.45) is 0 Å². The van der Waals surface area contributed by atoms with Gasteiger partial charge in [0.05, 0.1) is 12.1 Å². The second kappa shape index (κ2) is 7.59. The lowest BCUT2D eigenvalue weighted by Gasteiger charge is -1.99. The van der Waals surface area contributed by atoms with E-state index in [1.807, 2.05) is 43.3 Å². The maximum Gasteiger partial charge on any atom is 0.141 e. The zero-order chi connectivity index (χ0) is 14.3. The lowest BCUT2D eigenvalue weighted by molar-refractivity contribution is 0.415. The molecular weight excluding hydrogens is 263 g/mol. The Morgan fingerprint density at radius 2 is 1.95 bits per heavy atom. The molecule has 1 aromatic carbocycles. The lowest BCUT2D eigenvalue weighted by Crippen LogP contribution is -1.81. The summed E-state index contributed by atoms with van der Waals surface area (Å²) in [4.78, 5) is 0. The number of rotatable bonds is 5. The highest BCUT2D eigenvalue weighted by atomic mass is 35.5. The fourth-order valence-corrected chi connectivity index (χ4v) is 1.61. The molecule has 0 saturated carbocycles. The second-order valence-corrected chi connectivity index (χ2v) is 4.30. The van der Waals surface area contributed by atoms with Gasteiger partial charge in [0.1, 0.15) is 11.6 Å². The third kappa shape index (κ3) is 5.14. The van der Waals surface area contributed by atoms with E-state index >= 15 is 0 Å². The zero-order valence-corrected chi connectivity index (χ0v) is 11.7. The molecule has 0 heterocycles. The van der Waals surface area contributed by atoms with E-state index in [9.17, 15) is 4.39 Å². The maximum absolute atomic E-state index is 13.1. The number of hydrogen-bond acceptors (Lipinski definition) is 1. The highest BCUT2D eigenvalue weighted by Gasteiger charge is 1.96. The predicted octanol–water partition coefficient (Wildman–Crippen LogP) is 5.26. The minimum absolute atomic E-state index is 0.0480. The first-order valence-corrected chi connectivity index (χ1v) is 6.12. The molecule has 0 amide bonds. The predicted molar refractivity (Wildman–Crippen MR) is 80.0 cm³/mol. The molecule has 1 nitrogen and oxygen atoms in total. The summed E-state index contributed by atoms with van der Waals surface area (Å²) in [7, 11) is 1.63. The van der Waals surface area contributed by atoms with Crippen molar-refractivity contribution in [1.29, 1.82) is 0 Å². The SMILES string of the molecule is C=C\C(F)=C(Cl)/C=C(C)/C=C/c1ccc(OC)cc1. The molecule has 0 bridgehead atoms. The second-order valence-electron chi connectivity index (χ2n) is 3.89. The Morgan fingerprint density at radius 3 is 2.47 bits per heavy atom. The fourth-order valence-electron chi connectivity index (χ4n) is 1.36. The molecule has 0 unspecified atom stereocenters. The Bertz CT molecular complexity index is 524. The van der Waals surface area contributed by atoms with Crippen molar-refractivity contribution in [3.8, 4) is 5.75 Å². The third-order valence-corrected chi connectivity index (χ3v) is 2.71. The van der Waals surface area contributed by atoms with Crippen LogP contribution in [-0.2, 0) is 0 Å². The van der Waals surface area contributed by atoms with E-state index in [2.05, 4.69) is 6.58 Å². The van der Waals surface area contributed by atoms with Crippen LogP contribution in [-0.4, -0.2) is 7.11 Å². The molecule has 0 saturated heterocycles. The van der Waals surface area contributed by atoms with Crippen LogP contribution in [0.1, 0.15) is 12.5 Å². The Labute approximate surface area is 118 Å². The number of benzene rings is 1. The van der Waals surface area contributed by atoms with Crippen LogP contribution in [0.3, 0.4) is 0 Å². The quantitative estimate of drug-likeness (QED) is 0.668. The van der Waals surface area contributed by atoms with E-state index in [4.69, 9.17) is 16.3 Å². The van der Waals surface area contributed by atoms with Gasteiger partial charge in [-0.05, 0) is 42.3 Å². The largest absolute Gasteiger partial charge is 0.497 e. The van der Waals surface area contributed by atoms with Crippen LogP contribution in [0.2, 0.25) is 0 Å². The molecule has 0 fully saturated rings. The molecule has 0 N–H and O–H groups in total. The monoisotopic (exact) mass is 278 g/mol. The van der Waals surface area contributed by atoms with Gasteiger partial charge in [0.25, 0.3) is 0 Å². The van der Waals surface area contributed by atoms with Gasteiger partial charge < -0.3 is 4.74 Å². The molecule has 0 radical (unpaired) electrons. The molecule has 1 rings (SSSR count). The number of allylic oxidation sites excluding steroid dienone is 6. The molecule has 3 heteroatoms. The fraction of sp³-hybridized carbons (Fsp3) is 0.125. The maximum atomic E-state index is 13.1. The summed E-state index contributed by atoms with van der Waals surface area (Å²) < 4.78 is 18.2. The number of methoxy groups -OCH3 is 1. The van der Waals surface area contributed by atoms with E-state index in [0.29, 0.717) is 0 Å². The molecule has 0 aliphatic carbocycles. The minimum atomic E-state index is -0.529. The van der Waals surface area contributed by atoms with Crippen molar-refractivity contribution >= 4 is 17.7 Å². The third-order valence-electron chi connectivity index (χ3n) is 2.42. The summed E-state index contributed by atoms with van der Waals surface area (Å²) in [5.74, 6) is 0.280. The van der Waals surface area contributed by atoms with Crippen LogP contribution in [0.5, 0.6) is 5.75 Å². The molecule has 0 aromatic heterocycles. The van der Waals surface area contributed by atoms with E-state index in [-0.39, 0.29) is 5.03 Å². The zero-order valence-electron chi connectivity index (χ0n) is 11.0. The van der Waals surface area contributed by atoms with Crippen LogP contribution in [0.15, 0.2) is 65.5 Å². The molecule has 0 aliphatic heterocycles. The average molecular weight is 279 g/mol. The molecular formula is C16H16ClFO. The van der Waals surface area contributed by atoms with Crippen LogP contribution in [0.25, 0.3) is 6.08 Å². The van der Waals surface area contributed by atoms with Crippen molar-refractivity contribution in [1.82, 2.24) is 0 Å². The van der Waals surface area contributed by atoms with Gasteiger partial charge in [-0.2, -0.15) is 0 Å². The lowest BCUT2D eigenvalue weighted by atomic mass is 10.1. The van der Waals surface area contributed by atoms with E-state index < -0.39 is 5.83 Å². The molecule has 0 spiro atoms. The first kappa shape index (κ1) is 15.3. The van der Waals surface area contributed by atoms with E-state index in [0.717, 1.165) is 23.0 Å². The Morgan fingerprint density at radius 1 is 1.32 bits per heavy atom. The van der Waals surface area contributed by atoms with Gasteiger partial charge in [-0.1, -0.05) is 42.5 Å². The van der Waals surface area contributed by atoms with Crippen molar-refractivity contribution in [3.05, 3.63) is 71.1 Å². The molecule has 1 aromatic rings. The number of hydrogen-bond donors (Lipinski definition) is 0. The Balaban J connectivity index is 2.80. The summed E-state index contributed by atoms with van der Waals surface area (Å²) in [6.07, 6.45) is 6.42. The van der Waals surface area contributed by atoms with Crippen molar-refractivity contribution in [2.75, 3.05) is 7.11 Å². The van der Waals surface area contributed by atoms with Gasteiger partial charge in [-0.15, -0.1) is 0 Å². The Hall–Kier alpha value is -1.80. The summed E-state index contributed by atoms with van der Waals surface area (Å²) in [6, 6.07) is 7.63. The number of ether oxygens (including phenoxy) is 1. The topological polar surface area (TPSA) is 9.23 Å². The van der Waals surface area contributed by atoms with Crippen LogP contribution in [0, 0.1) is 0 Å². The van der Waals surface area contributed by atoms with E-state index in [1.54, 1.807) is 13.2 Å². The Kier molecular flexibility index (Phi) is 6.10. The molecule has 19 heavy (non-hydrogen) atoms. The van der Waals surface area contributed by atoms with Gasteiger partial charge in [0, 0.05) is 0 Å². The highest BCUT2D eigenvalue weighted by molar-refractivity contribution is 6.31. The first-order valence-electron chi connectivity index (χ1n) is 5.75. The van der Waals surface area contributed by atoms with Crippen molar-refractivity contribution < 1.29 is 9.13 Å². The molecule has 0 aliphatic rings. The van der Waals surface area contributed by atoms with Crippen LogP contribution >= 0.6 is 11.6 Å². The standard InChI is InChI=1S/C16H16ClFO/c1-4-16(18)15(17)11-12(2)5-6-13-7-9-14(19-3)10-8-13/h4-11H,1H2,2-3H3/b6-5+,12-11+,16-15-. The smallest absolute Gasteiger partial charge is 0.141 e. The van der Waals surface area contributed by atoms with Gasteiger partial charge in [-0.25, -0.2) is 4.39 Å². The number of halogens is 2. The van der Waals surface area contributed by atoms with Crippen molar-refractivity contribution in [3.63, 3.8) is 0 Å². The van der Waals surface area contributed by atoms with E-state index in [1.165, 1.54) is 0 Å². The van der Waals surface area contributed by atoms with Crippen molar-refractivity contribution in [2.45, 2.75) is 6.92 Å². The normalized spacial score (nSPS) is 13.4. The summed E-state index contributed by atoms with van der Waals surface area (Å²) in [5, 5.41) is 0.0480. The summed E-state index contributed by atoms with van der Waals surface area (Å²) >= 11 is 5.75. The van der Waals surface area contributed by atoms with Gasteiger partial charge in [0.2, 0.25) is 0 Å². The first-order chi connectivity index (χ1) is 9.06. The molecule has 100 valence electrons. The van der Waals surface area contributed by atoms with Gasteiger partial charge in [-0.3, -0.25) is 0 Å². The summed E-state index contributed by atoms with van der Waals surface area (Å²) in [6.45, 7) is 5.17. The minimum Gasteiger partial charge on any atom is -0.497 e. The average Bonchev–Trinajstić information content (AvgIpc) is 2.44. The van der Waals surface area contributed by atoms with Gasteiger partial charge >= 0.3 is 0 Å². The van der Waals surface area contributed by atoms with Crippen LogP contribution in [0.4, 0.5) is 4.39 Å². The van der Waals surface area contributed by atoms with Gasteiger partial charge in [0.15, 0.2) is 0 Å². The van der Waals surface area contributed by atoms with Crippen LogP contribution < -0.4 is 4.74 Å². The highest BCUT2D eigenvalue weighted by Crippen LogP contribution is 2.17.